The fraction of sp³-hybridized carbons (Fsp3) is 0.200. The lowest BCUT2D eigenvalue weighted by atomic mass is 10.0. The summed E-state index contributed by atoms with van der Waals surface area (Å²) >= 11 is 3.50. The minimum absolute atomic E-state index is 0.225. The van der Waals surface area contributed by atoms with Gasteiger partial charge in [-0.2, -0.15) is 0 Å². The average molecular weight is 553 g/mol. The first-order valence-electron chi connectivity index (χ1n) is 11.1. The summed E-state index contributed by atoms with van der Waals surface area (Å²) in [5.74, 6) is 0.603. The second-order valence-corrected chi connectivity index (χ2v) is 8.65. The summed E-state index contributed by atoms with van der Waals surface area (Å²) in [5.41, 5.74) is 3.22. The molecule has 0 saturated heterocycles. The Morgan fingerprint density at radius 1 is 0.861 bits per heavy atom. The molecule has 0 radical (unpaired) electrons. The number of aromatic nitrogens is 4. The molecule has 0 fully saturated rings. The third-order valence-corrected chi connectivity index (χ3v) is 6.20. The van der Waals surface area contributed by atoms with E-state index in [4.69, 9.17) is 18.8 Å². The molecule has 0 aliphatic heterocycles. The number of nitrogens with zero attached hydrogens (tertiary/aromatic N) is 4. The van der Waals surface area contributed by atoms with Crippen molar-refractivity contribution in [3.63, 3.8) is 0 Å². The Hall–Kier alpha value is -4.12. The van der Waals surface area contributed by atoms with Crippen molar-refractivity contribution in [2.24, 2.45) is 0 Å². The smallest absolute Gasteiger partial charge is 0.418 e. The van der Waals surface area contributed by atoms with Crippen LogP contribution < -0.4 is 4.74 Å². The van der Waals surface area contributed by atoms with Gasteiger partial charge in [-0.3, -0.25) is 9.13 Å². The lowest BCUT2D eigenvalue weighted by molar-refractivity contribution is 0.154. The maximum absolute atomic E-state index is 12.7. The van der Waals surface area contributed by atoms with E-state index in [2.05, 4.69) is 26.2 Å². The van der Waals surface area contributed by atoms with E-state index in [1.165, 1.54) is 9.13 Å². The molecule has 0 unspecified atom stereocenters. The molecule has 0 aliphatic rings. The van der Waals surface area contributed by atoms with Crippen LogP contribution in [0.5, 0.6) is 5.75 Å². The third-order valence-electron chi connectivity index (χ3n) is 5.71. The van der Waals surface area contributed by atoms with Gasteiger partial charge in [-0.05, 0) is 60.6 Å². The third kappa shape index (κ3) is 3.91. The minimum atomic E-state index is -0.528. The second kappa shape index (κ2) is 9.50. The quantitative estimate of drug-likeness (QED) is 0.257. The molecule has 36 heavy (non-hydrogen) atoms. The molecule has 5 aromatic rings. The number of methoxy groups -OCH3 is 1. The van der Waals surface area contributed by atoms with E-state index in [9.17, 15) is 9.59 Å². The standard InChI is InChI=1S/C25H21BrN4O6/c1-4-34-24(31)29-12-18(16-10-14(26)6-8-20(16)29)22-23(28-36-27-22)19-13-30(25(32)35-5-2)21-9-7-15(33-3)11-17(19)21/h6-13H,4-5H2,1-3H3. The van der Waals surface area contributed by atoms with E-state index < -0.39 is 12.2 Å². The van der Waals surface area contributed by atoms with Crippen LogP contribution in [0.15, 0.2) is 57.9 Å². The van der Waals surface area contributed by atoms with Crippen LogP contribution in [-0.4, -0.2) is 52.0 Å². The maximum Gasteiger partial charge on any atom is 0.418 e. The molecular formula is C25H21BrN4O6. The number of fused-ring (bicyclic) bond motifs is 2. The zero-order valence-corrected chi connectivity index (χ0v) is 21.2. The van der Waals surface area contributed by atoms with E-state index in [1.807, 2.05) is 18.2 Å². The predicted molar refractivity (Wildman–Crippen MR) is 135 cm³/mol. The van der Waals surface area contributed by atoms with Crippen molar-refractivity contribution in [3.05, 3.63) is 53.3 Å². The van der Waals surface area contributed by atoms with Gasteiger partial charge in [-0.1, -0.05) is 15.9 Å². The molecule has 3 aromatic heterocycles. The average Bonchev–Trinajstić information content (AvgIpc) is 3.58. The first-order valence-corrected chi connectivity index (χ1v) is 11.9. The van der Waals surface area contributed by atoms with E-state index in [0.717, 1.165) is 9.86 Å². The van der Waals surface area contributed by atoms with Crippen molar-refractivity contribution in [1.82, 2.24) is 19.4 Å². The molecule has 3 heterocycles. The molecule has 0 atom stereocenters. The van der Waals surface area contributed by atoms with Gasteiger partial charge in [0.1, 0.15) is 17.1 Å². The summed E-state index contributed by atoms with van der Waals surface area (Å²) in [6.07, 6.45) is 2.23. The number of hydrogen-bond acceptors (Lipinski definition) is 8. The van der Waals surface area contributed by atoms with Gasteiger partial charge in [0.15, 0.2) is 0 Å². The number of rotatable bonds is 5. The summed E-state index contributed by atoms with van der Waals surface area (Å²) in [6, 6.07) is 10.9. The van der Waals surface area contributed by atoms with Crippen molar-refractivity contribution in [2.75, 3.05) is 20.3 Å². The molecule has 0 aliphatic carbocycles. The number of carbonyl (C=O) groups is 2. The van der Waals surface area contributed by atoms with E-state index >= 15 is 0 Å². The highest BCUT2D eigenvalue weighted by molar-refractivity contribution is 9.10. The van der Waals surface area contributed by atoms with Crippen LogP contribution in [0.1, 0.15) is 13.8 Å². The number of carbonyl (C=O) groups excluding carboxylic acids is 2. The SMILES string of the molecule is CCOC(=O)n1cc(-c2nonc2-c2cn(C(=O)OCC)c3ccc(OC)cc23)c2cc(Br)ccc21. The predicted octanol–water partition coefficient (Wildman–Crippen LogP) is 6.09. The molecule has 5 rings (SSSR count). The maximum atomic E-state index is 12.7. The van der Waals surface area contributed by atoms with Gasteiger partial charge >= 0.3 is 12.2 Å². The highest BCUT2D eigenvalue weighted by Gasteiger charge is 2.26. The fourth-order valence-electron chi connectivity index (χ4n) is 4.15. The number of benzene rings is 2. The Balaban J connectivity index is 1.75. The Kier molecular flexibility index (Phi) is 6.23. The first-order chi connectivity index (χ1) is 17.5. The lowest BCUT2D eigenvalue weighted by Gasteiger charge is -2.04. The van der Waals surface area contributed by atoms with Gasteiger partial charge in [0.05, 0.1) is 31.4 Å². The molecule has 184 valence electrons. The number of halogens is 1. The van der Waals surface area contributed by atoms with Crippen molar-refractivity contribution < 1.29 is 28.4 Å². The van der Waals surface area contributed by atoms with Crippen molar-refractivity contribution in [2.45, 2.75) is 13.8 Å². The molecule has 10 nitrogen and oxygen atoms in total. The molecule has 0 N–H and O–H groups in total. The lowest BCUT2D eigenvalue weighted by Crippen LogP contribution is -2.12. The molecule has 0 saturated carbocycles. The largest absolute Gasteiger partial charge is 0.497 e. The zero-order chi connectivity index (χ0) is 25.4. The van der Waals surface area contributed by atoms with Gasteiger partial charge in [-0.15, -0.1) is 0 Å². The highest BCUT2D eigenvalue weighted by atomic mass is 79.9. The van der Waals surface area contributed by atoms with Gasteiger partial charge in [0.2, 0.25) is 0 Å². The Morgan fingerprint density at radius 3 is 1.92 bits per heavy atom. The summed E-state index contributed by atoms with van der Waals surface area (Å²) < 4.78 is 24.7. The highest BCUT2D eigenvalue weighted by Crippen LogP contribution is 2.40. The Labute approximate surface area is 213 Å². The minimum Gasteiger partial charge on any atom is -0.497 e. The van der Waals surface area contributed by atoms with Crippen molar-refractivity contribution >= 4 is 49.9 Å². The number of ether oxygens (including phenoxy) is 3. The van der Waals surface area contributed by atoms with E-state index in [1.54, 1.807) is 51.6 Å². The zero-order valence-electron chi connectivity index (χ0n) is 19.6. The molecule has 0 amide bonds. The normalized spacial score (nSPS) is 11.2. The van der Waals surface area contributed by atoms with Gasteiger partial charge in [0, 0.05) is 38.8 Å². The molecular weight excluding hydrogens is 532 g/mol. The second-order valence-electron chi connectivity index (χ2n) is 7.73. The van der Waals surface area contributed by atoms with Crippen LogP contribution in [0.2, 0.25) is 0 Å². The van der Waals surface area contributed by atoms with Gasteiger partial charge in [0.25, 0.3) is 0 Å². The molecule has 0 bridgehead atoms. The van der Waals surface area contributed by atoms with Crippen LogP contribution in [0.3, 0.4) is 0 Å². The van der Waals surface area contributed by atoms with Crippen LogP contribution in [0.4, 0.5) is 9.59 Å². The number of hydrogen-bond donors (Lipinski definition) is 0. The van der Waals surface area contributed by atoms with Gasteiger partial charge < -0.3 is 14.2 Å². The van der Waals surface area contributed by atoms with Crippen LogP contribution in [-0.2, 0) is 9.47 Å². The Bertz CT molecular complexity index is 1620. The van der Waals surface area contributed by atoms with E-state index in [-0.39, 0.29) is 13.2 Å². The first kappa shape index (κ1) is 23.6. The summed E-state index contributed by atoms with van der Waals surface area (Å²) in [4.78, 5) is 25.4. The Morgan fingerprint density at radius 2 is 1.39 bits per heavy atom. The molecule has 11 heteroatoms. The van der Waals surface area contributed by atoms with Crippen molar-refractivity contribution in [1.29, 1.82) is 0 Å². The van der Waals surface area contributed by atoms with Crippen molar-refractivity contribution in [3.8, 4) is 28.3 Å². The van der Waals surface area contributed by atoms with Gasteiger partial charge in [-0.25, -0.2) is 14.2 Å². The van der Waals surface area contributed by atoms with E-state index in [0.29, 0.717) is 44.7 Å². The van der Waals surface area contributed by atoms with Crippen LogP contribution >= 0.6 is 15.9 Å². The monoisotopic (exact) mass is 552 g/mol. The summed E-state index contributed by atoms with van der Waals surface area (Å²) in [5, 5.41) is 9.78. The summed E-state index contributed by atoms with van der Waals surface area (Å²) in [6.45, 7) is 3.94. The fourth-order valence-corrected chi connectivity index (χ4v) is 4.51. The van der Waals surface area contributed by atoms with Crippen LogP contribution in [0.25, 0.3) is 44.3 Å². The van der Waals surface area contributed by atoms with Crippen LogP contribution in [0, 0.1) is 0 Å². The topological polar surface area (TPSA) is 111 Å². The molecule has 2 aromatic carbocycles. The summed E-state index contributed by atoms with van der Waals surface area (Å²) in [7, 11) is 1.56. The molecule has 0 spiro atoms.